The molecule has 0 fully saturated rings. The van der Waals surface area contributed by atoms with E-state index in [0.29, 0.717) is 28.5 Å². The number of hydrogen-bond donors (Lipinski definition) is 1. The molecule has 0 saturated carbocycles. The predicted molar refractivity (Wildman–Crippen MR) is 86.7 cm³/mol. The van der Waals surface area contributed by atoms with Crippen LogP contribution >= 0.6 is 39.7 Å². The molecular weight excluding hydrogens is 348 g/mol. The fourth-order valence-corrected chi connectivity index (χ4v) is 2.14. The van der Waals surface area contributed by atoms with E-state index in [9.17, 15) is 4.79 Å². The first-order valence-corrected chi connectivity index (χ1v) is 7.45. The SMILES string of the molecule is CC(C)N(CCC(N)=S)C(=O)c1ccc(Br)c(Cl)c1. The molecule has 0 unspecified atom stereocenters. The van der Waals surface area contributed by atoms with Gasteiger partial charge in [-0.1, -0.05) is 23.8 Å². The average molecular weight is 364 g/mol. The van der Waals surface area contributed by atoms with E-state index >= 15 is 0 Å². The highest BCUT2D eigenvalue weighted by Gasteiger charge is 2.19. The summed E-state index contributed by atoms with van der Waals surface area (Å²) >= 11 is 14.2. The number of carbonyl (C=O) groups is 1. The fraction of sp³-hybridized carbons (Fsp3) is 0.385. The molecule has 1 aromatic carbocycles. The van der Waals surface area contributed by atoms with Gasteiger partial charge in [0.25, 0.3) is 5.91 Å². The highest BCUT2D eigenvalue weighted by Crippen LogP contribution is 2.24. The Labute approximate surface area is 132 Å². The van der Waals surface area contributed by atoms with Gasteiger partial charge < -0.3 is 10.6 Å². The molecule has 0 heterocycles. The highest BCUT2D eigenvalue weighted by molar-refractivity contribution is 9.10. The topological polar surface area (TPSA) is 46.3 Å². The second-order valence-electron chi connectivity index (χ2n) is 4.44. The lowest BCUT2D eigenvalue weighted by Crippen LogP contribution is -2.39. The first-order chi connectivity index (χ1) is 8.82. The van der Waals surface area contributed by atoms with Crippen molar-refractivity contribution in [3.05, 3.63) is 33.3 Å². The second kappa shape index (κ2) is 7.22. The van der Waals surface area contributed by atoms with E-state index in [4.69, 9.17) is 29.6 Å². The average Bonchev–Trinajstić information content (AvgIpc) is 2.31. The minimum absolute atomic E-state index is 0.0688. The van der Waals surface area contributed by atoms with Gasteiger partial charge in [-0.25, -0.2) is 0 Å². The minimum Gasteiger partial charge on any atom is -0.393 e. The Morgan fingerprint density at radius 3 is 2.63 bits per heavy atom. The molecule has 0 spiro atoms. The summed E-state index contributed by atoms with van der Waals surface area (Å²) in [4.78, 5) is 14.6. The molecule has 3 nitrogen and oxygen atoms in total. The van der Waals surface area contributed by atoms with Gasteiger partial charge in [-0.2, -0.15) is 0 Å². The van der Waals surface area contributed by atoms with Crippen molar-refractivity contribution in [3.63, 3.8) is 0 Å². The van der Waals surface area contributed by atoms with Crippen molar-refractivity contribution in [2.75, 3.05) is 6.54 Å². The predicted octanol–water partition coefficient (Wildman–Crippen LogP) is 3.63. The maximum Gasteiger partial charge on any atom is 0.254 e. The zero-order valence-electron chi connectivity index (χ0n) is 10.8. The van der Waals surface area contributed by atoms with Gasteiger partial charge in [0, 0.05) is 29.0 Å². The maximum absolute atomic E-state index is 12.4. The summed E-state index contributed by atoms with van der Waals surface area (Å²) in [7, 11) is 0. The molecule has 0 aromatic heterocycles. The van der Waals surface area contributed by atoms with E-state index in [0.717, 1.165) is 4.47 Å². The van der Waals surface area contributed by atoms with E-state index in [2.05, 4.69) is 15.9 Å². The third-order valence-corrected chi connectivity index (χ3v) is 4.09. The third-order valence-electron chi connectivity index (χ3n) is 2.65. The van der Waals surface area contributed by atoms with E-state index in [1.165, 1.54) is 0 Å². The molecule has 2 N–H and O–H groups in total. The summed E-state index contributed by atoms with van der Waals surface area (Å²) in [5.74, 6) is -0.0688. The number of benzene rings is 1. The number of halogens is 2. The van der Waals surface area contributed by atoms with Crippen molar-refractivity contribution in [2.24, 2.45) is 5.73 Å². The zero-order chi connectivity index (χ0) is 14.6. The smallest absolute Gasteiger partial charge is 0.254 e. The number of hydrogen-bond acceptors (Lipinski definition) is 2. The van der Waals surface area contributed by atoms with Gasteiger partial charge in [-0.15, -0.1) is 0 Å². The van der Waals surface area contributed by atoms with Crippen LogP contribution in [0.1, 0.15) is 30.6 Å². The summed E-state index contributed by atoms with van der Waals surface area (Å²) in [5.41, 5.74) is 6.05. The molecule has 0 saturated heterocycles. The first kappa shape index (κ1) is 16.4. The van der Waals surface area contributed by atoms with Crippen LogP contribution in [0, 0.1) is 0 Å². The van der Waals surface area contributed by atoms with Gasteiger partial charge in [0.05, 0.1) is 10.0 Å². The molecule has 0 atom stereocenters. The molecule has 0 aliphatic rings. The van der Waals surface area contributed by atoms with Crippen molar-refractivity contribution in [1.29, 1.82) is 0 Å². The maximum atomic E-state index is 12.4. The van der Waals surface area contributed by atoms with Gasteiger partial charge in [-0.3, -0.25) is 4.79 Å². The van der Waals surface area contributed by atoms with Crippen molar-refractivity contribution in [3.8, 4) is 0 Å². The number of amides is 1. The normalized spacial score (nSPS) is 10.6. The lowest BCUT2D eigenvalue weighted by molar-refractivity contribution is 0.0711. The quantitative estimate of drug-likeness (QED) is 0.813. The fourth-order valence-electron chi connectivity index (χ4n) is 1.62. The highest BCUT2D eigenvalue weighted by atomic mass is 79.9. The molecule has 1 amide bonds. The standard InChI is InChI=1S/C13H16BrClN2OS/c1-8(2)17(6-5-12(16)19)13(18)9-3-4-10(14)11(15)7-9/h3-4,7-8H,5-6H2,1-2H3,(H2,16,19). The van der Waals surface area contributed by atoms with Crippen molar-refractivity contribution in [2.45, 2.75) is 26.3 Å². The van der Waals surface area contributed by atoms with Gasteiger partial charge in [-0.05, 0) is 48.0 Å². The van der Waals surface area contributed by atoms with Crippen LogP contribution in [0.2, 0.25) is 5.02 Å². The molecule has 0 aliphatic heterocycles. The number of nitrogens with two attached hydrogens (primary N) is 1. The van der Waals surface area contributed by atoms with Gasteiger partial charge in [0.2, 0.25) is 0 Å². The lowest BCUT2D eigenvalue weighted by Gasteiger charge is -2.26. The molecular formula is C13H16BrClN2OS. The van der Waals surface area contributed by atoms with Crippen LogP contribution in [0.4, 0.5) is 0 Å². The van der Waals surface area contributed by atoms with Crippen LogP contribution in [0.5, 0.6) is 0 Å². The minimum atomic E-state index is -0.0688. The Kier molecular flexibility index (Phi) is 6.23. The summed E-state index contributed by atoms with van der Waals surface area (Å²) in [6.07, 6.45) is 0.517. The molecule has 1 aromatic rings. The Morgan fingerprint density at radius 2 is 2.16 bits per heavy atom. The first-order valence-electron chi connectivity index (χ1n) is 5.87. The summed E-state index contributed by atoms with van der Waals surface area (Å²) < 4.78 is 0.768. The largest absolute Gasteiger partial charge is 0.393 e. The van der Waals surface area contributed by atoms with Crippen molar-refractivity contribution >= 4 is 50.6 Å². The number of carbonyl (C=O) groups excluding carboxylic acids is 1. The Bertz CT molecular complexity index is 494. The van der Waals surface area contributed by atoms with E-state index in [1.54, 1.807) is 23.1 Å². The monoisotopic (exact) mass is 362 g/mol. The molecule has 0 bridgehead atoms. The Balaban J connectivity index is 2.92. The zero-order valence-corrected chi connectivity index (χ0v) is 14.0. The van der Waals surface area contributed by atoms with Crippen LogP contribution in [0.25, 0.3) is 0 Å². The molecule has 104 valence electrons. The molecule has 0 aliphatic carbocycles. The second-order valence-corrected chi connectivity index (χ2v) is 6.22. The van der Waals surface area contributed by atoms with Crippen LogP contribution in [0.15, 0.2) is 22.7 Å². The van der Waals surface area contributed by atoms with Gasteiger partial charge in [0.15, 0.2) is 0 Å². The summed E-state index contributed by atoms with van der Waals surface area (Å²) in [5, 5.41) is 0.518. The van der Waals surface area contributed by atoms with E-state index in [1.807, 2.05) is 13.8 Å². The molecule has 19 heavy (non-hydrogen) atoms. The Morgan fingerprint density at radius 1 is 1.53 bits per heavy atom. The van der Waals surface area contributed by atoms with Crippen LogP contribution in [-0.2, 0) is 0 Å². The summed E-state index contributed by atoms with van der Waals surface area (Å²) in [6, 6.07) is 5.24. The van der Waals surface area contributed by atoms with Gasteiger partial charge in [0.1, 0.15) is 0 Å². The van der Waals surface area contributed by atoms with E-state index in [-0.39, 0.29) is 11.9 Å². The number of nitrogens with zero attached hydrogens (tertiary/aromatic N) is 1. The Hall–Kier alpha value is -0.650. The lowest BCUT2D eigenvalue weighted by atomic mass is 10.1. The molecule has 0 radical (unpaired) electrons. The molecule has 6 heteroatoms. The summed E-state index contributed by atoms with van der Waals surface area (Å²) in [6.45, 7) is 4.43. The van der Waals surface area contributed by atoms with E-state index < -0.39 is 0 Å². The molecule has 1 rings (SSSR count). The van der Waals surface area contributed by atoms with Crippen molar-refractivity contribution in [1.82, 2.24) is 4.90 Å². The van der Waals surface area contributed by atoms with Crippen molar-refractivity contribution < 1.29 is 4.79 Å². The third kappa shape index (κ3) is 4.75. The van der Waals surface area contributed by atoms with Crippen LogP contribution < -0.4 is 5.73 Å². The van der Waals surface area contributed by atoms with Crippen LogP contribution in [-0.4, -0.2) is 28.4 Å². The number of thiocarbonyl (C=S) groups is 1. The number of rotatable bonds is 5. The van der Waals surface area contributed by atoms with Crippen LogP contribution in [0.3, 0.4) is 0 Å². The van der Waals surface area contributed by atoms with Gasteiger partial charge >= 0.3 is 0 Å².